The van der Waals surface area contributed by atoms with Gasteiger partial charge in [0, 0.05) is 12.1 Å². The molecule has 3 aromatic carbocycles. The highest BCUT2D eigenvalue weighted by Crippen LogP contribution is 2.37. The van der Waals surface area contributed by atoms with Gasteiger partial charge in [0.05, 0.1) is 23.0 Å². The second-order valence-corrected chi connectivity index (χ2v) is 9.25. The third-order valence-electron chi connectivity index (χ3n) is 5.79. The Kier molecular flexibility index (Phi) is 7.05. The predicted molar refractivity (Wildman–Crippen MR) is 144 cm³/mol. The molecular weight excluding hydrogens is 506 g/mol. The number of nitrogens with zero attached hydrogens (tertiary/aromatic N) is 3. The van der Waals surface area contributed by atoms with E-state index in [1.807, 2.05) is 49.4 Å². The molecule has 0 atom stereocenters. The number of fused-ring (bicyclic) bond motifs is 1. The summed E-state index contributed by atoms with van der Waals surface area (Å²) in [5.41, 5.74) is 1.40. The van der Waals surface area contributed by atoms with Crippen LogP contribution in [0.2, 0.25) is 0 Å². The predicted octanol–water partition coefficient (Wildman–Crippen LogP) is 6.57. The summed E-state index contributed by atoms with van der Waals surface area (Å²) in [4.78, 5) is 41.7. The summed E-state index contributed by atoms with van der Waals surface area (Å²) in [5.74, 6) is 0.561. The molecule has 0 radical (unpaired) electrons. The molecular formula is C28H21N3O6S. The average molecular weight is 528 g/mol. The van der Waals surface area contributed by atoms with Gasteiger partial charge in [0.15, 0.2) is 11.5 Å². The fraction of sp³-hybridized carbons (Fsp3) is 0.107. The Hall–Kier alpha value is -4.70. The van der Waals surface area contributed by atoms with E-state index in [1.54, 1.807) is 24.3 Å². The van der Waals surface area contributed by atoms with Crippen molar-refractivity contribution in [1.82, 2.24) is 9.88 Å². The minimum atomic E-state index is -0.541. The van der Waals surface area contributed by atoms with Gasteiger partial charge in [-0.25, -0.2) is 4.98 Å². The summed E-state index contributed by atoms with van der Waals surface area (Å²) in [6.07, 6.45) is 2.75. The van der Waals surface area contributed by atoms with Crippen LogP contribution in [-0.4, -0.2) is 32.6 Å². The van der Waals surface area contributed by atoms with Gasteiger partial charge < -0.3 is 9.47 Å². The maximum absolute atomic E-state index is 13.2. The van der Waals surface area contributed by atoms with Crippen molar-refractivity contribution in [2.24, 2.45) is 0 Å². The third-order valence-corrected chi connectivity index (χ3v) is 6.70. The molecule has 1 aromatic heterocycles. The van der Waals surface area contributed by atoms with Crippen LogP contribution in [0.3, 0.4) is 0 Å². The van der Waals surface area contributed by atoms with Crippen molar-refractivity contribution in [3.63, 3.8) is 0 Å². The van der Waals surface area contributed by atoms with Crippen LogP contribution in [0.5, 0.6) is 17.4 Å². The van der Waals surface area contributed by atoms with Crippen LogP contribution in [-0.2, 0) is 11.3 Å². The Morgan fingerprint density at radius 2 is 1.84 bits per heavy atom. The number of carbonyl (C=O) groups is 2. The molecule has 4 aromatic rings. The van der Waals surface area contributed by atoms with Crippen molar-refractivity contribution < 1.29 is 24.0 Å². The lowest BCUT2D eigenvalue weighted by Crippen LogP contribution is -2.27. The first kappa shape index (κ1) is 25.0. The number of aromatic nitrogens is 1. The Morgan fingerprint density at radius 3 is 2.61 bits per heavy atom. The number of rotatable bonds is 8. The number of thioether (sulfide) groups is 1. The molecule has 10 heteroatoms. The van der Waals surface area contributed by atoms with Crippen molar-refractivity contribution >= 4 is 45.4 Å². The highest BCUT2D eigenvalue weighted by atomic mass is 32.2. The van der Waals surface area contributed by atoms with Gasteiger partial charge in [0.25, 0.3) is 16.8 Å². The Balaban J connectivity index is 1.37. The van der Waals surface area contributed by atoms with E-state index in [2.05, 4.69) is 4.98 Å². The molecule has 0 N–H and O–H groups in total. The summed E-state index contributed by atoms with van der Waals surface area (Å²) in [6, 6.07) is 21.4. The van der Waals surface area contributed by atoms with Crippen LogP contribution < -0.4 is 9.47 Å². The van der Waals surface area contributed by atoms with Gasteiger partial charge in [-0.15, -0.1) is 0 Å². The summed E-state index contributed by atoms with van der Waals surface area (Å²) in [6.45, 7) is 2.36. The number of hydrogen-bond acceptors (Lipinski definition) is 8. The van der Waals surface area contributed by atoms with Crippen molar-refractivity contribution in [3.05, 3.63) is 105 Å². The number of carbonyl (C=O) groups excluding carboxylic acids is 2. The molecule has 38 heavy (non-hydrogen) atoms. The number of benzene rings is 3. The average Bonchev–Trinajstić information content (AvgIpc) is 3.18. The van der Waals surface area contributed by atoms with Gasteiger partial charge >= 0.3 is 0 Å². The standard InChI is InChI=1S/C28H21N3O6S/c1-2-36-24-14-18(10-12-23(24)37-26-13-11-21(16-29-26)31(34)35)15-25-27(32)30(28(33)38-25)17-20-8-5-7-19-6-3-4-9-22(19)20/h3-16H,2,17H2,1H3/b25-15-. The lowest BCUT2D eigenvalue weighted by Gasteiger charge is -2.14. The minimum absolute atomic E-state index is 0.146. The van der Waals surface area contributed by atoms with Gasteiger partial charge in [0.1, 0.15) is 6.20 Å². The van der Waals surface area contributed by atoms with E-state index >= 15 is 0 Å². The number of imide groups is 1. The number of ether oxygens (including phenoxy) is 2. The molecule has 1 aliphatic rings. The van der Waals surface area contributed by atoms with Crippen LogP contribution >= 0.6 is 11.8 Å². The fourth-order valence-electron chi connectivity index (χ4n) is 4.01. The third kappa shape index (κ3) is 5.21. The van der Waals surface area contributed by atoms with Gasteiger partial charge in [-0.1, -0.05) is 48.5 Å². The van der Waals surface area contributed by atoms with E-state index in [0.29, 0.717) is 28.6 Å². The Labute approximate surface area is 221 Å². The van der Waals surface area contributed by atoms with Gasteiger partial charge in [-0.2, -0.15) is 0 Å². The van der Waals surface area contributed by atoms with Gasteiger partial charge in [0.2, 0.25) is 5.88 Å². The van der Waals surface area contributed by atoms with Gasteiger partial charge in [-0.3, -0.25) is 24.6 Å². The number of nitro groups is 1. The van der Waals surface area contributed by atoms with E-state index < -0.39 is 4.92 Å². The maximum Gasteiger partial charge on any atom is 0.293 e. The zero-order valence-electron chi connectivity index (χ0n) is 20.2. The van der Waals surface area contributed by atoms with Crippen LogP contribution in [0.15, 0.2) is 83.9 Å². The van der Waals surface area contributed by atoms with Crippen molar-refractivity contribution in [2.45, 2.75) is 13.5 Å². The summed E-state index contributed by atoms with van der Waals surface area (Å²) in [5, 5.41) is 12.6. The quantitative estimate of drug-likeness (QED) is 0.144. The van der Waals surface area contributed by atoms with Crippen molar-refractivity contribution in [2.75, 3.05) is 6.61 Å². The zero-order valence-corrected chi connectivity index (χ0v) is 21.0. The zero-order chi connectivity index (χ0) is 26.6. The molecule has 190 valence electrons. The smallest absolute Gasteiger partial charge is 0.293 e. The van der Waals surface area contributed by atoms with Crippen LogP contribution in [0, 0.1) is 10.1 Å². The molecule has 0 aliphatic carbocycles. The Morgan fingerprint density at radius 1 is 1.03 bits per heavy atom. The molecule has 1 aliphatic heterocycles. The molecule has 1 saturated heterocycles. The normalized spacial score (nSPS) is 14.3. The fourth-order valence-corrected chi connectivity index (χ4v) is 4.85. The number of amides is 2. The van der Waals surface area contributed by atoms with E-state index in [-0.39, 0.29) is 29.3 Å². The molecule has 2 amide bonds. The van der Waals surface area contributed by atoms with Crippen molar-refractivity contribution in [3.8, 4) is 17.4 Å². The summed E-state index contributed by atoms with van der Waals surface area (Å²) >= 11 is 0.892. The summed E-state index contributed by atoms with van der Waals surface area (Å²) in [7, 11) is 0. The maximum atomic E-state index is 13.2. The van der Waals surface area contributed by atoms with E-state index in [9.17, 15) is 19.7 Å². The first-order valence-corrected chi connectivity index (χ1v) is 12.5. The van der Waals surface area contributed by atoms with E-state index in [0.717, 1.165) is 34.3 Å². The highest BCUT2D eigenvalue weighted by Gasteiger charge is 2.35. The van der Waals surface area contributed by atoms with Gasteiger partial charge in [-0.05, 0) is 58.8 Å². The number of pyridine rings is 1. The molecule has 5 rings (SSSR count). The van der Waals surface area contributed by atoms with E-state index in [1.165, 1.54) is 17.0 Å². The summed E-state index contributed by atoms with van der Waals surface area (Å²) < 4.78 is 11.5. The second-order valence-electron chi connectivity index (χ2n) is 8.26. The lowest BCUT2D eigenvalue weighted by atomic mass is 10.0. The largest absolute Gasteiger partial charge is 0.490 e. The minimum Gasteiger partial charge on any atom is -0.490 e. The van der Waals surface area contributed by atoms with Crippen LogP contribution in [0.25, 0.3) is 16.8 Å². The molecule has 0 spiro atoms. The molecule has 1 fully saturated rings. The SMILES string of the molecule is CCOc1cc(/C=C2\SC(=O)N(Cc3cccc4ccccc34)C2=O)ccc1Oc1ccc([N+](=O)[O-])cn1. The molecule has 0 saturated carbocycles. The van der Waals surface area contributed by atoms with E-state index in [4.69, 9.17) is 9.47 Å². The molecule has 9 nitrogen and oxygen atoms in total. The van der Waals surface area contributed by atoms with Crippen molar-refractivity contribution in [1.29, 1.82) is 0 Å². The van der Waals surface area contributed by atoms with Crippen LogP contribution in [0.4, 0.5) is 10.5 Å². The monoisotopic (exact) mass is 527 g/mol. The topological polar surface area (TPSA) is 112 Å². The lowest BCUT2D eigenvalue weighted by molar-refractivity contribution is -0.385. The second kappa shape index (κ2) is 10.7. The first-order valence-electron chi connectivity index (χ1n) is 11.7. The number of hydrogen-bond donors (Lipinski definition) is 0. The first-order chi connectivity index (χ1) is 18.4. The molecule has 0 bridgehead atoms. The molecule has 2 heterocycles. The highest BCUT2D eigenvalue weighted by molar-refractivity contribution is 8.18. The molecule has 0 unspecified atom stereocenters. The van der Waals surface area contributed by atoms with Crippen LogP contribution in [0.1, 0.15) is 18.1 Å². The Bertz CT molecular complexity index is 1580.